The van der Waals surface area contributed by atoms with Gasteiger partial charge in [0.25, 0.3) is 0 Å². The zero-order valence-corrected chi connectivity index (χ0v) is 18.4. The molecular weight excluding hydrogens is 433 g/mol. The van der Waals surface area contributed by atoms with E-state index in [1.54, 1.807) is 12.1 Å². The van der Waals surface area contributed by atoms with Gasteiger partial charge in [0.05, 0.1) is 18.8 Å². The topological polar surface area (TPSA) is 44.8 Å². The van der Waals surface area contributed by atoms with Crippen LogP contribution in [-0.2, 0) is 21.5 Å². The molecule has 3 aromatic rings. The van der Waals surface area contributed by atoms with Crippen LogP contribution in [-0.4, -0.2) is 25.4 Å². The fourth-order valence-corrected chi connectivity index (χ4v) is 3.12. The lowest BCUT2D eigenvalue weighted by atomic mass is 9.85. The molecule has 0 aromatic heterocycles. The molecule has 3 rings (SSSR count). The van der Waals surface area contributed by atoms with E-state index in [1.165, 1.54) is 12.1 Å². The molecule has 4 nitrogen and oxygen atoms in total. The van der Waals surface area contributed by atoms with Gasteiger partial charge in [0.15, 0.2) is 6.61 Å². The molecule has 0 saturated heterocycles. The molecule has 0 aliphatic rings. The summed E-state index contributed by atoms with van der Waals surface area (Å²) in [6, 6.07) is 23.5. The first-order valence-corrected chi connectivity index (χ1v) is 10.4. The van der Waals surface area contributed by atoms with Gasteiger partial charge in [0.1, 0.15) is 11.5 Å². The number of alkyl halides is 3. The first-order chi connectivity index (χ1) is 15.6. The maximum Gasteiger partial charge on any atom is 0.422 e. The zero-order valence-electron chi connectivity index (χ0n) is 18.4. The zero-order chi connectivity index (χ0) is 23.9. The Bertz CT molecular complexity index is 1050. The van der Waals surface area contributed by atoms with E-state index >= 15 is 0 Å². The Labute approximate surface area is 190 Å². The standard InChI is InChI=1S/C26H25F3O4/c1-25(2,21-13-11-20(12-14-21)24(30)32-18-26(27,28)29)17-31-16-19-7-6-10-23(15-19)33-22-8-4-3-5-9-22/h3-15H,16-18H2,1-2H3. The van der Waals surface area contributed by atoms with E-state index in [0.29, 0.717) is 13.2 Å². The van der Waals surface area contributed by atoms with Gasteiger partial charge in [-0.15, -0.1) is 0 Å². The van der Waals surface area contributed by atoms with Crippen molar-refractivity contribution in [2.24, 2.45) is 0 Å². The van der Waals surface area contributed by atoms with E-state index < -0.39 is 18.8 Å². The number of halogens is 3. The molecule has 0 saturated carbocycles. The molecule has 0 aliphatic heterocycles. The van der Waals surface area contributed by atoms with Crippen LogP contribution in [0.3, 0.4) is 0 Å². The quantitative estimate of drug-likeness (QED) is 0.335. The highest BCUT2D eigenvalue weighted by Crippen LogP contribution is 2.26. The van der Waals surface area contributed by atoms with Crippen molar-refractivity contribution >= 4 is 5.97 Å². The summed E-state index contributed by atoms with van der Waals surface area (Å²) >= 11 is 0. The molecule has 7 heteroatoms. The fourth-order valence-electron chi connectivity index (χ4n) is 3.12. The minimum atomic E-state index is -4.55. The highest BCUT2D eigenvalue weighted by molar-refractivity contribution is 5.89. The molecule has 33 heavy (non-hydrogen) atoms. The average Bonchev–Trinajstić information content (AvgIpc) is 2.78. The van der Waals surface area contributed by atoms with Crippen molar-refractivity contribution in [2.75, 3.05) is 13.2 Å². The summed E-state index contributed by atoms with van der Waals surface area (Å²) < 4.78 is 52.7. The largest absolute Gasteiger partial charge is 0.457 e. The highest BCUT2D eigenvalue weighted by atomic mass is 19.4. The second-order valence-electron chi connectivity index (χ2n) is 8.21. The minimum absolute atomic E-state index is 0.0648. The molecule has 0 fully saturated rings. The maximum absolute atomic E-state index is 12.2. The molecule has 0 amide bonds. The molecule has 3 aromatic carbocycles. The Morgan fingerprint density at radius 1 is 0.818 bits per heavy atom. The van der Waals surface area contributed by atoms with Gasteiger partial charge in [-0.2, -0.15) is 13.2 Å². The molecule has 0 radical (unpaired) electrons. The van der Waals surface area contributed by atoms with Gasteiger partial charge < -0.3 is 14.2 Å². The summed E-state index contributed by atoms with van der Waals surface area (Å²) in [5.74, 6) is 0.461. The Hall–Kier alpha value is -3.32. The van der Waals surface area contributed by atoms with Crippen LogP contribution in [0.1, 0.15) is 35.3 Å². The third-order valence-electron chi connectivity index (χ3n) is 4.88. The predicted octanol–water partition coefficient (Wildman–Crippen LogP) is 6.69. The Morgan fingerprint density at radius 2 is 1.48 bits per heavy atom. The van der Waals surface area contributed by atoms with Crippen molar-refractivity contribution in [3.05, 3.63) is 95.6 Å². The highest BCUT2D eigenvalue weighted by Gasteiger charge is 2.30. The van der Waals surface area contributed by atoms with Gasteiger partial charge in [-0.3, -0.25) is 0 Å². The number of para-hydroxylation sites is 1. The first kappa shape index (κ1) is 24.3. The summed E-state index contributed by atoms with van der Waals surface area (Å²) in [7, 11) is 0. The van der Waals surface area contributed by atoms with Crippen molar-refractivity contribution in [1.29, 1.82) is 0 Å². The van der Waals surface area contributed by atoms with Gasteiger partial charge in [0.2, 0.25) is 0 Å². The van der Waals surface area contributed by atoms with E-state index in [0.717, 1.165) is 22.6 Å². The number of hydrogen-bond acceptors (Lipinski definition) is 4. The summed E-state index contributed by atoms with van der Waals surface area (Å²) in [5.41, 5.74) is 1.53. The number of carbonyl (C=O) groups is 1. The van der Waals surface area contributed by atoms with Crippen LogP contribution in [0.25, 0.3) is 0 Å². The van der Waals surface area contributed by atoms with E-state index in [1.807, 2.05) is 68.4 Å². The molecular formula is C26H25F3O4. The van der Waals surface area contributed by atoms with Crippen LogP contribution >= 0.6 is 0 Å². The molecule has 0 aliphatic carbocycles. The molecule has 174 valence electrons. The van der Waals surface area contributed by atoms with Gasteiger partial charge >= 0.3 is 12.1 Å². The first-order valence-electron chi connectivity index (χ1n) is 10.4. The van der Waals surface area contributed by atoms with Crippen LogP contribution in [0.2, 0.25) is 0 Å². The van der Waals surface area contributed by atoms with E-state index in [2.05, 4.69) is 4.74 Å². The van der Waals surface area contributed by atoms with Crippen LogP contribution in [0.4, 0.5) is 13.2 Å². The lowest BCUT2D eigenvalue weighted by Gasteiger charge is -2.25. The molecule has 0 spiro atoms. The van der Waals surface area contributed by atoms with Gasteiger partial charge in [-0.05, 0) is 47.5 Å². The molecule has 0 N–H and O–H groups in total. The summed E-state index contributed by atoms with van der Waals surface area (Å²) in [5, 5.41) is 0. The maximum atomic E-state index is 12.2. The average molecular weight is 458 g/mol. The number of esters is 1. The van der Waals surface area contributed by atoms with Crippen molar-refractivity contribution in [1.82, 2.24) is 0 Å². The molecule has 0 heterocycles. The molecule has 0 bridgehead atoms. The van der Waals surface area contributed by atoms with Crippen LogP contribution in [0, 0.1) is 0 Å². The predicted molar refractivity (Wildman–Crippen MR) is 118 cm³/mol. The lowest BCUT2D eigenvalue weighted by Crippen LogP contribution is -2.24. The number of benzene rings is 3. The SMILES string of the molecule is CC(C)(COCc1cccc(Oc2ccccc2)c1)c1ccc(C(=O)OCC(F)(F)F)cc1. The van der Waals surface area contributed by atoms with E-state index in [-0.39, 0.29) is 11.0 Å². The lowest BCUT2D eigenvalue weighted by molar-refractivity contribution is -0.161. The third kappa shape index (κ3) is 7.64. The second kappa shape index (κ2) is 10.5. The normalized spacial score (nSPS) is 11.8. The van der Waals surface area contributed by atoms with E-state index in [9.17, 15) is 18.0 Å². The summed E-state index contributed by atoms with van der Waals surface area (Å²) in [4.78, 5) is 11.8. The van der Waals surface area contributed by atoms with Gasteiger partial charge in [-0.1, -0.05) is 56.3 Å². The van der Waals surface area contributed by atoms with Crippen LogP contribution in [0.5, 0.6) is 11.5 Å². The Morgan fingerprint density at radius 3 is 2.15 bits per heavy atom. The van der Waals surface area contributed by atoms with Gasteiger partial charge in [-0.25, -0.2) is 4.79 Å². The smallest absolute Gasteiger partial charge is 0.422 e. The van der Waals surface area contributed by atoms with Crippen molar-refractivity contribution in [2.45, 2.75) is 32.0 Å². The van der Waals surface area contributed by atoms with Crippen LogP contribution in [0.15, 0.2) is 78.9 Å². The number of ether oxygens (including phenoxy) is 3. The third-order valence-corrected chi connectivity index (χ3v) is 4.88. The number of carbonyl (C=O) groups excluding carboxylic acids is 1. The monoisotopic (exact) mass is 458 g/mol. The van der Waals surface area contributed by atoms with Crippen molar-refractivity contribution in [3.63, 3.8) is 0 Å². The summed E-state index contributed by atoms with van der Waals surface area (Å²) in [6.45, 7) is 3.15. The number of rotatable bonds is 9. The Kier molecular flexibility index (Phi) is 7.76. The molecule has 0 atom stereocenters. The summed E-state index contributed by atoms with van der Waals surface area (Å²) in [6.07, 6.45) is -4.55. The number of hydrogen-bond donors (Lipinski definition) is 0. The Balaban J connectivity index is 1.53. The molecule has 0 unspecified atom stereocenters. The van der Waals surface area contributed by atoms with Gasteiger partial charge in [0, 0.05) is 5.41 Å². The van der Waals surface area contributed by atoms with Crippen LogP contribution < -0.4 is 4.74 Å². The fraction of sp³-hybridized carbons (Fsp3) is 0.269. The van der Waals surface area contributed by atoms with Crippen molar-refractivity contribution < 1.29 is 32.2 Å². The second-order valence-corrected chi connectivity index (χ2v) is 8.21. The van der Waals surface area contributed by atoms with E-state index in [4.69, 9.17) is 9.47 Å². The van der Waals surface area contributed by atoms with Crippen molar-refractivity contribution in [3.8, 4) is 11.5 Å². The minimum Gasteiger partial charge on any atom is -0.457 e.